The molecule has 6 heteroatoms. The molecule has 1 amide bonds. The van der Waals surface area contributed by atoms with Gasteiger partial charge in [0.25, 0.3) is 5.91 Å². The molecule has 0 aliphatic rings. The minimum absolute atomic E-state index is 0.261. The Bertz CT molecular complexity index is 990. The van der Waals surface area contributed by atoms with E-state index in [0.29, 0.717) is 22.9 Å². The number of hydrogen-bond donors (Lipinski definition) is 2. The van der Waals surface area contributed by atoms with Crippen molar-refractivity contribution in [1.29, 1.82) is 5.26 Å². The van der Waals surface area contributed by atoms with Gasteiger partial charge in [-0.3, -0.25) is 4.79 Å². The molecule has 1 heterocycles. The summed E-state index contributed by atoms with van der Waals surface area (Å²) in [6.45, 7) is 3.81. The molecule has 2 N–H and O–H groups in total. The Morgan fingerprint density at radius 2 is 1.77 bits per heavy atom. The highest BCUT2D eigenvalue weighted by atomic mass is 16.1. The molecule has 1 aromatic heterocycles. The second-order valence-electron chi connectivity index (χ2n) is 5.86. The van der Waals surface area contributed by atoms with Gasteiger partial charge in [-0.25, -0.2) is 9.97 Å². The van der Waals surface area contributed by atoms with Crippen LogP contribution in [-0.4, -0.2) is 15.9 Å². The van der Waals surface area contributed by atoms with E-state index in [2.05, 4.69) is 20.6 Å². The highest BCUT2D eigenvalue weighted by molar-refractivity contribution is 6.03. The number of rotatable bonds is 4. The lowest BCUT2D eigenvalue weighted by Gasteiger charge is -2.09. The number of nitrogens with zero attached hydrogens (tertiary/aromatic N) is 3. The van der Waals surface area contributed by atoms with Crippen LogP contribution in [0, 0.1) is 25.2 Å². The van der Waals surface area contributed by atoms with Crippen molar-refractivity contribution in [3.63, 3.8) is 0 Å². The Morgan fingerprint density at radius 3 is 2.46 bits per heavy atom. The van der Waals surface area contributed by atoms with Crippen LogP contribution in [0.1, 0.15) is 27.3 Å². The maximum absolute atomic E-state index is 12.5. The maximum atomic E-state index is 12.5. The smallest absolute Gasteiger partial charge is 0.274 e. The van der Waals surface area contributed by atoms with E-state index in [1.807, 2.05) is 44.2 Å². The lowest BCUT2D eigenvalue weighted by Crippen LogP contribution is -2.15. The third-order valence-corrected chi connectivity index (χ3v) is 3.63. The largest absolute Gasteiger partial charge is 0.324 e. The van der Waals surface area contributed by atoms with E-state index in [1.54, 1.807) is 30.3 Å². The summed E-state index contributed by atoms with van der Waals surface area (Å²) in [5, 5.41) is 14.7. The summed E-state index contributed by atoms with van der Waals surface area (Å²) >= 11 is 0. The zero-order valence-electron chi connectivity index (χ0n) is 14.4. The molecule has 0 atom stereocenters. The highest BCUT2D eigenvalue weighted by Gasteiger charge is 2.11. The molecule has 128 valence electrons. The molecule has 0 saturated carbocycles. The topological polar surface area (TPSA) is 90.7 Å². The van der Waals surface area contributed by atoms with Crippen LogP contribution in [0.4, 0.5) is 17.3 Å². The quantitative estimate of drug-likeness (QED) is 0.748. The van der Waals surface area contributed by atoms with Crippen molar-refractivity contribution < 1.29 is 4.79 Å². The predicted molar refractivity (Wildman–Crippen MR) is 100 cm³/mol. The highest BCUT2D eigenvalue weighted by Crippen LogP contribution is 2.16. The van der Waals surface area contributed by atoms with Gasteiger partial charge in [0.05, 0.1) is 11.6 Å². The summed E-state index contributed by atoms with van der Waals surface area (Å²) in [6.07, 6.45) is 0. The fourth-order valence-electron chi connectivity index (χ4n) is 2.42. The number of carbonyl (C=O) groups is 1. The lowest BCUT2D eigenvalue weighted by molar-refractivity contribution is 0.102. The van der Waals surface area contributed by atoms with Crippen molar-refractivity contribution in [2.45, 2.75) is 13.8 Å². The van der Waals surface area contributed by atoms with Gasteiger partial charge in [0.2, 0.25) is 5.95 Å². The number of carbonyl (C=O) groups excluding carboxylic acids is 1. The molecule has 0 radical (unpaired) electrons. The summed E-state index contributed by atoms with van der Waals surface area (Å²) in [6, 6.07) is 18.1. The van der Waals surface area contributed by atoms with Crippen LogP contribution in [0.5, 0.6) is 0 Å². The number of nitriles is 1. The van der Waals surface area contributed by atoms with Gasteiger partial charge in [-0.1, -0.05) is 12.1 Å². The fourth-order valence-corrected chi connectivity index (χ4v) is 2.42. The van der Waals surface area contributed by atoms with Crippen LogP contribution in [-0.2, 0) is 0 Å². The van der Waals surface area contributed by atoms with Gasteiger partial charge >= 0.3 is 0 Å². The molecule has 26 heavy (non-hydrogen) atoms. The van der Waals surface area contributed by atoms with Gasteiger partial charge < -0.3 is 10.6 Å². The molecule has 3 aromatic rings. The first-order valence-electron chi connectivity index (χ1n) is 8.04. The molecule has 6 nitrogen and oxygen atoms in total. The Balaban J connectivity index is 1.79. The number of aromatic nitrogens is 2. The van der Waals surface area contributed by atoms with Crippen LogP contribution < -0.4 is 10.6 Å². The van der Waals surface area contributed by atoms with Crippen molar-refractivity contribution in [2.24, 2.45) is 0 Å². The molecule has 0 unspecified atom stereocenters. The van der Waals surface area contributed by atoms with E-state index in [4.69, 9.17) is 5.26 Å². The van der Waals surface area contributed by atoms with Crippen LogP contribution in [0.3, 0.4) is 0 Å². The second kappa shape index (κ2) is 7.45. The average molecular weight is 343 g/mol. The minimum atomic E-state index is -0.340. The van der Waals surface area contributed by atoms with E-state index in [9.17, 15) is 4.79 Å². The number of benzene rings is 2. The fraction of sp³-hybridized carbons (Fsp3) is 0.100. The Hall–Kier alpha value is -3.72. The molecular formula is C20H17N5O. The minimum Gasteiger partial charge on any atom is -0.324 e. The summed E-state index contributed by atoms with van der Waals surface area (Å²) in [5.74, 6) is 0.0214. The SMILES string of the molecule is Cc1cccc(Nc2nc(C)cc(C(=O)Nc3ccc(C#N)cc3)n2)c1. The molecule has 0 saturated heterocycles. The van der Waals surface area contributed by atoms with Crippen molar-refractivity contribution in [1.82, 2.24) is 9.97 Å². The summed E-state index contributed by atoms with van der Waals surface area (Å²) in [4.78, 5) is 21.1. The van der Waals surface area contributed by atoms with Gasteiger partial charge in [-0.15, -0.1) is 0 Å². The van der Waals surface area contributed by atoms with Crippen molar-refractivity contribution in [3.8, 4) is 6.07 Å². The molecule has 0 fully saturated rings. The number of amides is 1. The van der Waals surface area contributed by atoms with Crippen LogP contribution in [0.25, 0.3) is 0 Å². The molecule has 0 aliphatic carbocycles. The van der Waals surface area contributed by atoms with Gasteiger partial charge in [-0.05, 0) is 61.9 Å². The standard InChI is InChI=1S/C20H17N5O/c1-13-4-3-5-17(10-13)24-20-22-14(2)11-18(25-20)19(26)23-16-8-6-15(12-21)7-9-16/h3-11H,1-2H3,(H,23,26)(H,22,24,25). The molecule has 0 aliphatic heterocycles. The molecule has 0 spiro atoms. The van der Waals surface area contributed by atoms with Crippen molar-refractivity contribution in [2.75, 3.05) is 10.6 Å². The Kier molecular flexibility index (Phi) is 4.90. The normalized spacial score (nSPS) is 10.0. The molecule has 2 aromatic carbocycles. The zero-order valence-corrected chi connectivity index (χ0v) is 14.4. The summed E-state index contributed by atoms with van der Waals surface area (Å²) in [7, 11) is 0. The van der Waals surface area contributed by atoms with Crippen LogP contribution >= 0.6 is 0 Å². The molecule has 0 bridgehead atoms. The first kappa shape index (κ1) is 17.1. The molecule has 3 rings (SSSR count). The van der Waals surface area contributed by atoms with E-state index >= 15 is 0 Å². The van der Waals surface area contributed by atoms with Crippen LogP contribution in [0.2, 0.25) is 0 Å². The van der Waals surface area contributed by atoms with Gasteiger partial charge in [0.15, 0.2) is 0 Å². The number of hydrogen-bond acceptors (Lipinski definition) is 5. The van der Waals surface area contributed by atoms with E-state index in [1.165, 1.54) is 0 Å². The second-order valence-corrected chi connectivity index (χ2v) is 5.86. The third-order valence-electron chi connectivity index (χ3n) is 3.63. The predicted octanol–water partition coefficient (Wildman–Crippen LogP) is 3.96. The van der Waals surface area contributed by atoms with Gasteiger partial charge in [-0.2, -0.15) is 5.26 Å². The summed E-state index contributed by atoms with van der Waals surface area (Å²) in [5.41, 5.74) is 4.04. The lowest BCUT2D eigenvalue weighted by atomic mass is 10.2. The summed E-state index contributed by atoms with van der Waals surface area (Å²) < 4.78 is 0. The number of nitrogens with one attached hydrogen (secondary N) is 2. The van der Waals surface area contributed by atoms with E-state index in [0.717, 1.165) is 11.3 Å². The van der Waals surface area contributed by atoms with Crippen molar-refractivity contribution >= 4 is 23.2 Å². The van der Waals surface area contributed by atoms with Crippen LogP contribution in [0.15, 0.2) is 54.6 Å². The van der Waals surface area contributed by atoms with E-state index in [-0.39, 0.29) is 11.6 Å². The number of aryl methyl sites for hydroxylation is 2. The Labute approximate surface area is 151 Å². The zero-order chi connectivity index (χ0) is 18.5. The monoisotopic (exact) mass is 343 g/mol. The van der Waals surface area contributed by atoms with Gasteiger partial charge in [0.1, 0.15) is 5.69 Å². The van der Waals surface area contributed by atoms with Gasteiger partial charge in [0, 0.05) is 17.1 Å². The maximum Gasteiger partial charge on any atom is 0.274 e. The number of anilines is 3. The van der Waals surface area contributed by atoms with E-state index < -0.39 is 0 Å². The first-order valence-corrected chi connectivity index (χ1v) is 8.04. The average Bonchev–Trinajstić information content (AvgIpc) is 2.62. The molecular weight excluding hydrogens is 326 g/mol. The van der Waals surface area contributed by atoms with Crippen molar-refractivity contribution in [3.05, 3.63) is 77.1 Å². The first-order chi connectivity index (χ1) is 12.5. The third kappa shape index (κ3) is 4.22. The Morgan fingerprint density at radius 1 is 1.00 bits per heavy atom.